The minimum absolute atomic E-state index is 0.141. The SMILES string of the molecule is Nc1ccc(Cl)cc1N(CCO)C1CCC1. The third kappa shape index (κ3) is 2.25. The van der Waals surface area contributed by atoms with Crippen molar-refractivity contribution in [2.45, 2.75) is 25.3 Å². The van der Waals surface area contributed by atoms with Crippen molar-refractivity contribution in [1.82, 2.24) is 0 Å². The fraction of sp³-hybridized carbons (Fsp3) is 0.500. The molecule has 0 bridgehead atoms. The van der Waals surface area contributed by atoms with Crippen LogP contribution in [0.4, 0.5) is 11.4 Å². The molecule has 88 valence electrons. The molecular formula is C12H17ClN2O. The van der Waals surface area contributed by atoms with Gasteiger partial charge in [0, 0.05) is 17.6 Å². The lowest BCUT2D eigenvalue weighted by molar-refractivity contribution is 0.284. The van der Waals surface area contributed by atoms with Crippen LogP contribution < -0.4 is 10.6 Å². The number of nitrogens with zero attached hydrogens (tertiary/aromatic N) is 1. The van der Waals surface area contributed by atoms with E-state index in [9.17, 15) is 0 Å². The van der Waals surface area contributed by atoms with Gasteiger partial charge in [0.05, 0.1) is 18.0 Å². The summed E-state index contributed by atoms with van der Waals surface area (Å²) in [5.41, 5.74) is 7.63. The van der Waals surface area contributed by atoms with Crippen LogP contribution in [-0.2, 0) is 0 Å². The second-order valence-corrected chi connectivity index (χ2v) is 4.64. The molecule has 3 nitrogen and oxygen atoms in total. The fourth-order valence-electron chi connectivity index (χ4n) is 2.07. The molecule has 1 aromatic carbocycles. The summed E-state index contributed by atoms with van der Waals surface area (Å²) in [6.45, 7) is 0.762. The molecule has 0 heterocycles. The topological polar surface area (TPSA) is 49.5 Å². The number of halogens is 1. The quantitative estimate of drug-likeness (QED) is 0.794. The van der Waals surface area contributed by atoms with E-state index in [1.807, 2.05) is 12.1 Å². The van der Waals surface area contributed by atoms with E-state index in [0.717, 1.165) is 11.4 Å². The van der Waals surface area contributed by atoms with Crippen LogP contribution in [0.3, 0.4) is 0 Å². The summed E-state index contributed by atoms with van der Waals surface area (Å²) >= 11 is 5.98. The first-order valence-corrected chi connectivity index (χ1v) is 6.02. The molecule has 1 aliphatic rings. The van der Waals surface area contributed by atoms with Gasteiger partial charge in [-0.1, -0.05) is 11.6 Å². The lowest BCUT2D eigenvalue weighted by atomic mass is 9.91. The van der Waals surface area contributed by atoms with Crippen LogP contribution >= 0.6 is 11.6 Å². The minimum atomic E-state index is 0.141. The van der Waals surface area contributed by atoms with Gasteiger partial charge in [-0.15, -0.1) is 0 Å². The Morgan fingerprint density at radius 3 is 2.75 bits per heavy atom. The van der Waals surface area contributed by atoms with E-state index in [4.69, 9.17) is 22.4 Å². The van der Waals surface area contributed by atoms with Crippen molar-refractivity contribution in [3.05, 3.63) is 23.2 Å². The molecule has 1 aromatic rings. The number of anilines is 2. The van der Waals surface area contributed by atoms with E-state index >= 15 is 0 Å². The molecule has 1 saturated carbocycles. The van der Waals surface area contributed by atoms with Gasteiger partial charge in [0.25, 0.3) is 0 Å². The zero-order valence-corrected chi connectivity index (χ0v) is 9.95. The Bertz CT molecular complexity index is 366. The highest BCUT2D eigenvalue weighted by atomic mass is 35.5. The fourth-order valence-corrected chi connectivity index (χ4v) is 2.24. The largest absolute Gasteiger partial charge is 0.397 e. The molecule has 0 saturated heterocycles. The maximum atomic E-state index is 9.11. The Hall–Kier alpha value is -0.930. The van der Waals surface area contributed by atoms with Crippen LogP contribution in [0, 0.1) is 0 Å². The normalized spacial score (nSPS) is 15.9. The van der Waals surface area contributed by atoms with Crippen molar-refractivity contribution in [3.63, 3.8) is 0 Å². The second kappa shape index (κ2) is 4.93. The third-order valence-electron chi connectivity index (χ3n) is 3.16. The zero-order valence-electron chi connectivity index (χ0n) is 9.19. The maximum absolute atomic E-state index is 9.11. The molecule has 0 aromatic heterocycles. The van der Waals surface area contributed by atoms with Gasteiger partial charge < -0.3 is 15.7 Å². The summed E-state index contributed by atoms with van der Waals surface area (Å²) in [4.78, 5) is 2.17. The van der Waals surface area contributed by atoms with Crippen molar-refractivity contribution in [2.24, 2.45) is 0 Å². The van der Waals surface area contributed by atoms with Crippen LogP contribution in [0.25, 0.3) is 0 Å². The second-order valence-electron chi connectivity index (χ2n) is 4.20. The number of aliphatic hydroxyl groups is 1. The van der Waals surface area contributed by atoms with Gasteiger partial charge in [-0.3, -0.25) is 0 Å². The highest BCUT2D eigenvalue weighted by Gasteiger charge is 2.25. The van der Waals surface area contributed by atoms with E-state index in [0.29, 0.717) is 17.6 Å². The Morgan fingerprint density at radius 1 is 1.44 bits per heavy atom. The summed E-state index contributed by atoms with van der Waals surface area (Å²) in [5.74, 6) is 0. The van der Waals surface area contributed by atoms with Crippen LogP contribution in [0.15, 0.2) is 18.2 Å². The van der Waals surface area contributed by atoms with Crippen LogP contribution in [-0.4, -0.2) is 24.3 Å². The Kier molecular flexibility index (Phi) is 3.56. The maximum Gasteiger partial charge on any atom is 0.0618 e. The van der Waals surface area contributed by atoms with Gasteiger partial charge in [0.1, 0.15) is 0 Å². The first kappa shape index (κ1) is 11.6. The summed E-state index contributed by atoms with van der Waals surface area (Å²) < 4.78 is 0. The first-order chi connectivity index (χ1) is 7.72. The molecule has 0 amide bonds. The number of nitrogens with two attached hydrogens (primary N) is 1. The van der Waals surface area contributed by atoms with E-state index in [2.05, 4.69) is 4.90 Å². The number of nitrogen functional groups attached to an aromatic ring is 1. The Balaban J connectivity index is 2.25. The van der Waals surface area contributed by atoms with E-state index in [-0.39, 0.29) is 6.61 Å². The number of rotatable bonds is 4. The minimum Gasteiger partial charge on any atom is -0.397 e. The first-order valence-electron chi connectivity index (χ1n) is 5.65. The summed E-state index contributed by atoms with van der Waals surface area (Å²) in [6.07, 6.45) is 3.60. The molecule has 0 radical (unpaired) electrons. The van der Waals surface area contributed by atoms with Crippen molar-refractivity contribution < 1.29 is 5.11 Å². The molecule has 1 aliphatic carbocycles. The number of aliphatic hydroxyl groups excluding tert-OH is 1. The van der Waals surface area contributed by atoms with Crippen LogP contribution in [0.2, 0.25) is 5.02 Å². The van der Waals surface area contributed by atoms with Gasteiger partial charge in [0.2, 0.25) is 0 Å². The lowest BCUT2D eigenvalue weighted by Gasteiger charge is -2.39. The van der Waals surface area contributed by atoms with Gasteiger partial charge >= 0.3 is 0 Å². The van der Waals surface area contributed by atoms with Crippen LogP contribution in [0.5, 0.6) is 0 Å². The number of hydrogen-bond donors (Lipinski definition) is 2. The zero-order chi connectivity index (χ0) is 11.5. The molecular weight excluding hydrogens is 224 g/mol. The highest BCUT2D eigenvalue weighted by molar-refractivity contribution is 6.31. The molecule has 3 N–H and O–H groups in total. The van der Waals surface area contributed by atoms with Gasteiger partial charge in [-0.05, 0) is 37.5 Å². The highest BCUT2D eigenvalue weighted by Crippen LogP contribution is 2.34. The number of hydrogen-bond acceptors (Lipinski definition) is 3. The summed E-state index contributed by atoms with van der Waals surface area (Å²) in [5, 5.41) is 9.80. The van der Waals surface area contributed by atoms with Gasteiger partial charge in [-0.2, -0.15) is 0 Å². The molecule has 16 heavy (non-hydrogen) atoms. The monoisotopic (exact) mass is 240 g/mol. The van der Waals surface area contributed by atoms with Crippen molar-refractivity contribution in [2.75, 3.05) is 23.8 Å². The number of benzene rings is 1. The van der Waals surface area contributed by atoms with E-state index in [1.54, 1.807) is 6.07 Å². The van der Waals surface area contributed by atoms with Crippen molar-refractivity contribution in [1.29, 1.82) is 0 Å². The predicted octanol–water partition coefficient (Wildman–Crippen LogP) is 2.27. The standard InChI is InChI=1S/C12H17ClN2O/c13-9-4-5-11(14)12(8-9)15(6-7-16)10-2-1-3-10/h4-5,8,10,16H,1-3,6-7,14H2. The molecule has 0 spiro atoms. The van der Waals surface area contributed by atoms with Crippen molar-refractivity contribution in [3.8, 4) is 0 Å². The van der Waals surface area contributed by atoms with E-state index in [1.165, 1.54) is 19.3 Å². The summed E-state index contributed by atoms with van der Waals surface area (Å²) in [6, 6.07) is 6.00. The Labute approximate surface area is 101 Å². The molecule has 2 rings (SSSR count). The van der Waals surface area contributed by atoms with Crippen LogP contribution in [0.1, 0.15) is 19.3 Å². The average molecular weight is 241 g/mol. The molecule has 0 aliphatic heterocycles. The Morgan fingerprint density at radius 2 is 2.19 bits per heavy atom. The molecule has 4 heteroatoms. The lowest BCUT2D eigenvalue weighted by Crippen LogP contribution is -2.42. The van der Waals surface area contributed by atoms with Gasteiger partial charge in [0.15, 0.2) is 0 Å². The summed E-state index contributed by atoms with van der Waals surface area (Å²) in [7, 11) is 0. The molecule has 0 atom stereocenters. The van der Waals surface area contributed by atoms with Crippen molar-refractivity contribution >= 4 is 23.0 Å². The van der Waals surface area contributed by atoms with E-state index < -0.39 is 0 Å². The molecule has 1 fully saturated rings. The average Bonchev–Trinajstić information content (AvgIpc) is 2.18. The third-order valence-corrected chi connectivity index (χ3v) is 3.39. The predicted molar refractivity (Wildman–Crippen MR) is 67.9 cm³/mol. The smallest absolute Gasteiger partial charge is 0.0618 e. The molecule has 0 unspecified atom stereocenters. The van der Waals surface area contributed by atoms with Gasteiger partial charge in [-0.25, -0.2) is 0 Å².